The lowest BCUT2D eigenvalue weighted by Gasteiger charge is -2.34. The number of rotatable bonds is 4. The molecule has 1 unspecified atom stereocenters. The van der Waals surface area contributed by atoms with Gasteiger partial charge in [0.25, 0.3) is 0 Å². The third-order valence-electron chi connectivity index (χ3n) is 2.80. The summed E-state index contributed by atoms with van der Waals surface area (Å²) in [7, 11) is 0. The summed E-state index contributed by atoms with van der Waals surface area (Å²) in [5.41, 5.74) is -0.540. The van der Waals surface area contributed by atoms with E-state index in [-0.39, 0.29) is 16.4 Å². The van der Waals surface area contributed by atoms with E-state index in [9.17, 15) is 4.79 Å². The molecule has 0 aliphatic carbocycles. The van der Waals surface area contributed by atoms with Gasteiger partial charge in [-0.15, -0.1) is 0 Å². The lowest BCUT2D eigenvalue weighted by molar-refractivity contribution is -0.155. The van der Waals surface area contributed by atoms with E-state index in [1.807, 2.05) is 27.7 Å². The van der Waals surface area contributed by atoms with Crippen molar-refractivity contribution in [2.45, 2.75) is 38.1 Å². The molecule has 0 spiro atoms. The van der Waals surface area contributed by atoms with Gasteiger partial charge in [0.2, 0.25) is 0 Å². The van der Waals surface area contributed by atoms with Crippen LogP contribution in [0.15, 0.2) is 0 Å². The summed E-state index contributed by atoms with van der Waals surface area (Å²) in [6.45, 7) is 8.76. The van der Waals surface area contributed by atoms with Crippen molar-refractivity contribution in [3.8, 4) is 0 Å². The Bertz CT molecular complexity index is 226. The molecular formula is C10H17BrO3. The molecule has 4 heteroatoms. The fourth-order valence-corrected chi connectivity index (χ4v) is 0.918. The van der Waals surface area contributed by atoms with Gasteiger partial charge in [0.1, 0.15) is 12.7 Å². The first-order valence-electron chi connectivity index (χ1n) is 4.73. The Morgan fingerprint density at radius 2 is 2.00 bits per heavy atom. The largest absolute Gasteiger partial charge is 0.462 e. The van der Waals surface area contributed by atoms with Gasteiger partial charge >= 0.3 is 5.97 Å². The number of ether oxygens (including phenoxy) is 2. The maximum absolute atomic E-state index is 11.7. The number of hydrogen-bond donors (Lipinski definition) is 0. The first kappa shape index (κ1) is 12.0. The molecule has 0 aromatic carbocycles. The first-order chi connectivity index (χ1) is 6.25. The third-order valence-corrected chi connectivity index (χ3v) is 3.79. The molecular weight excluding hydrogens is 248 g/mol. The van der Waals surface area contributed by atoms with Crippen LogP contribution in [-0.4, -0.2) is 29.6 Å². The molecule has 0 N–H and O–H groups in total. The van der Waals surface area contributed by atoms with Crippen LogP contribution >= 0.6 is 15.9 Å². The van der Waals surface area contributed by atoms with Crippen LogP contribution in [0.3, 0.4) is 0 Å². The van der Waals surface area contributed by atoms with E-state index in [0.717, 1.165) is 0 Å². The van der Waals surface area contributed by atoms with E-state index in [1.54, 1.807) is 0 Å². The summed E-state index contributed by atoms with van der Waals surface area (Å²) in [5, 5.41) is 0. The number of carbonyl (C=O) groups excluding carboxylic acids is 1. The molecule has 0 radical (unpaired) electrons. The van der Waals surface area contributed by atoms with Crippen molar-refractivity contribution in [1.82, 2.24) is 0 Å². The fourth-order valence-electron chi connectivity index (χ4n) is 0.756. The predicted octanol–water partition coefficient (Wildman–Crippen LogP) is 2.13. The van der Waals surface area contributed by atoms with E-state index in [2.05, 4.69) is 15.9 Å². The van der Waals surface area contributed by atoms with Crippen LogP contribution in [0.5, 0.6) is 0 Å². The van der Waals surface area contributed by atoms with Crippen LogP contribution in [0.2, 0.25) is 0 Å². The highest BCUT2D eigenvalue weighted by molar-refractivity contribution is 9.10. The topological polar surface area (TPSA) is 38.8 Å². The summed E-state index contributed by atoms with van der Waals surface area (Å²) >= 11 is 3.49. The molecule has 0 bridgehead atoms. The highest BCUT2D eigenvalue weighted by atomic mass is 79.9. The van der Waals surface area contributed by atoms with Crippen molar-refractivity contribution < 1.29 is 14.3 Å². The van der Waals surface area contributed by atoms with Gasteiger partial charge in [-0.05, 0) is 27.7 Å². The fraction of sp³-hybridized carbons (Fsp3) is 0.900. The molecule has 0 saturated carbocycles. The normalized spacial score (nSPS) is 21.9. The molecule has 1 heterocycles. The second kappa shape index (κ2) is 3.81. The van der Waals surface area contributed by atoms with Gasteiger partial charge in [-0.3, -0.25) is 4.79 Å². The Labute approximate surface area is 93.3 Å². The van der Waals surface area contributed by atoms with Gasteiger partial charge in [0.15, 0.2) is 0 Å². The van der Waals surface area contributed by atoms with E-state index < -0.39 is 5.41 Å². The summed E-state index contributed by atoms with van der Waals surface area (Å²) < 4.78 is 9.86. The van der Waals surface area contributed by atoms with Gasteiger partial charge in [0.05, 0.1) is 12.0 Å². The Hall–Kier alpha value is -0.0900. The molecule has 1 fully saturated rings. The van der Waals surface area contributed by atoms with E-state index >= 15 is 0 Å². The maximum Gasteiger partial charge on any atom is 0.313 e. The van der Waals surface area contributed by atoms with Crippen LogP contribution in [0.25, 0.3) is 0 Å². The number of halogens is 1. The van der Waals surface area contributed by atoms with Crippen molar-refractivity contribution in [3.05, 3.63) is 0 Å². The number of carbonyl (C=O) groups is 1. The molecule has 1 atom stereocenters. The molecule has 0 aromatic rings. The Kier molecular flexibility index (Phi) is 3.26. The van der Waals surface area contributed by atoms with Crippen molar-refractivity contribution in [2.75, 3.05) is 13.2 Å². The number of alkyl halides is 1. The first-order valence-corrected chi connectivity index (χ1v) is 5.52. The molecule has 3 nitrogen and oxygen atoms in total. The predicted molar refractivity (Wildman–Crippen MR) is 57.5 cm³/mol. The monoisotopic (exact) mass is 264 g/mol. The number of epoxide rings is 1. The zero-order valence-corrected chi connectivity index (χ0v) is 10.7. The zero-order valence-electron chi connectivity index (χ0n) is 9.09. The minimum absolute atomic E-state index is 0.133. The van der Waals surface area contributed by atoms with Crippen molar-refractivity contribution in [2.24, 2.45) is 5.41 Å². The lowest BCUT2D eigenvalue weighted by Crippen LogP contribution is -2.42. The van der Waals surface area contributed by atoms with Crippen LogP contribution < -0.4 is 0 Å². The minimum Gasteiger partial charge on any atom is -0.462 e. The summed E-state index contributed by atoms with van der Waals surface area (Å²) in [5.74, 6) is -0.185. The summed E-state index contributed by atoms with van der Waals surface area (Å²) in [4.78, 5) is 11.7. The molecule has 1 aliphatic heterocycles. The Balaban J connectivity index is 2.48. The number of esters is 1. The molecule has 0 aromatic heterocycles. The molecule has 1 aliphatic rings. The summed E-state index contributed by atoms with van der Waals surface area (Å²) in [6, 6.07) is 0. The van der Waals surface area contributed by atoms with Crippen LogP contribution in [0.4, 0.5) is 0 Å². The standard InChI is InChI=1S/C10H17BrO3/c1-9(2,10(3,4)11)8(12)14-6-7-5-13-7/h7H,5-6H2,1-4H3. The highest BCUT2D eigenvalue weighted by Gasteiger charge is 2.43. The van der Waals surface area contributed by atoms with Crippen LogP contribution in [0, 0.1) is 5.41 Å². The zero-order chi connectivity index (χ0) is 11.0. The van der Waals surface area contributed by atoms with E-state index in [1.165, 1.54) is 0 Å². The quantitative estimate of drug-likeness (QED) is 0.444. The lowest BCUT2D eigenvalue weighted by atomic mass is 9.81. The average molecular weight is 265 g/mol. The maximum atomic E-state index is 11.7. The summed E-state index contributed by atoms with van der Waals surface area (Å²) in [6.07, 6.45) is 0.133. The second-order valence-corrected chi connectivity index (χ2v) is 6.63. The van der Waals surface area contributed by atoms with Gasteiger partial charge in [-0.1, -0.05) is 15.9 Å². The van der Waals surface area contributed by atoms with Crippen molar-refractivity contribution >= 4 is 21.9 Å². The van der Waals surface area contributed by atoms with E-state index in [4.69, 9.17) is 9.47 Å². The van der Waals surface area contributed by atoms with Crippen LogP contribution in [0.1, 0.15) is 27.7 Å². The second-order valence-electron chi connectivity index (χ2n) is 4.65. The van der Waals surface area contributed by atoms with Gasteiger partial charge in [-0.2, -0.15) is 0 Å². The van der Waals surface area contributed by atoms with Gasteiger partial charge in [-0.25, -0.2) is 0 Å². The Morgan fingerprint density at radius 1 is 1.50 bits per heavy atom. The molecule has 1 rings (SSSR count). The number of hydrogen-bond acceptors (Lipinski definition) is 3. The molecule has 1 saturated heterocycles. The van der Waals surface area contributed by atoms with Gasteiger partial charge in [0, 0.05) is 4.32 Å². The molecule has 14 heavy (non-hydrogen) atoms. The van der Waals surface area contributed by atoms with E-state index in [0.29, 0.717) is 13.2 Å². The smallest absolute Gasteiger partial charge is 0.313 e. The average Bonchev–Trinajstić information content (AvgIpc) is 2.80. The highest BCUT2D eigenvalue weighted by Crippen LogP contribution is 2.38. The SMILES string of the molecule is CC(C)(Br)C(C)(C)C(=O)OCC1CO1. The molecule has 0 amide bonds. The minimum atomic E-state index is -0.540. The Morgan fingerprint density at radius 3 is 2.36 bits per heavy atom. The van der Waals surface area contributed by atoms with Crippen molar-refractivity contribution in [1.29, 1.82) is 0 Å². The third kappa shape index (κ3) is 2.70. The van der Waals surface area contributed by atoms with Crippen LogP contribution in [-0.2, 0) is 14.3 Å². The molecule has 82 valence electrons. The van der Waals surface area contributed by atoms with Crippen molar-refractivity contribution in [3.63, 3.8) is 0 Å². The van der Waals surface area contributed by atoms with Gasteiger partial charge < -0.3 is 9.47 Å².